The Balaban J connectivity index is -0.000000500. The molecule has 0 aliphatic rings. The van der Waals surface area contributed by atoms with Gasteiger partial charge < -0.3 is 16.0 Å². The van der Waals surface area contributed by atoms with Crippen LogP contribution in [0.25, 0.3) is 0 Å². The molecule has 0 unspecified atom stereocenters. The maximum atomic E-state index is 10.8. The molecule has 0 bridgehead atoms. The molecule has 0 spiro atoms. The first-order valence-electron chi connectivity index (χ1n) is 2.87. The first-order valence-corrected chi connectivity index (χ1v) is 4.49. The zero-order valence-corrected chi connectivity index (χ0v) is 10.5. The number of carbonyl (C=O) groups excluding carboxylic acids is 1. The summed E-state index contributed by atoms with van der Waals surface area (Å²) in [6.45, 7) is 2.28. The summed E-state index contributed by atoms with van der Waals surface area (Å²) >= 11 is 0. The van der Waals surface area contributed by atoms with Gasteiger partial charge in [0, 0.05) is 0 Å². The molecule has 5 nitrogen and oxygen atoms in total. The van der Waals surface area contributed by atoms with Crippen LogP contribution >= 0.6 is 7.60 Å². The molecule has 12 heavy (non-hydrogen) atoms. The zero-order chi connectivity index (χ0) is 9.28. The van der Waals surface area contributed by atoms with E-state index in [2.05, 4.69) is 4.74 Å². The van der Waals surface area contributed by atoms with Crippen molar-refractivity contribution < 1.29 is 54.9 Å². The SMILES string of the molecule is COC(=O)C(C)(C)P(=O)(O)O.[H-].[Na+]. The molecule has 0 saturated carbocycles. The van der Waals surface area contributed by atoms with E-state index in [4.69, 9.17) is 9.79 Å². The molecule has 0 radical (unpaired) electrons. The van der Waals surface area contributed by atoms with E-state index in [0.29, 0.717) is 0 Å². The minimum atomic E-state index is -4.42. The van der Waals surface area contributed by atoms with Gasteiger partial charge in [-0.25, -0.2) is 0 Å². The Morgan fingerprint density at radius 3 is 1.92 bits per heavy atom. The molecule has 0 amide bonds. The number of ether oxygens (including phenoxy) is 1. The molecule has 0 aliphatic heterocycles. The van der Waals surface area contributed by atoms with E-state index < -0.39 is 18.7 Å². The molecule has 7 heteroatoms. The molecule has 0 aromatic heterocycles. The minimum Gasteiger partial charge on any atom is -1.00 e. The van der Waals surface area contributed by atoms with Gasteiger partial charge in [0.15, 0.2) is 5.16 Å². The van der Waals surface area contributed by atoms with Gasteiger partial charge in [0.2, 0.25) is 0 Å². The van der Waals surface area contributed by atoms with E-state index in [9.17, 15) is 9.36 Å². The fraction of sp³-hybridized carbons (Fsp3) is 0.800. The molecule has 0 fully saturated rings. The Kier molecular flexibility index (Phi) is 5.97. The summed E-state index contributed by atoms with van der Waals surface area (Å²) in [4.78, 5) is 28.1. The van der Waals surface area contributed by atoms with Crippen molar-refractivity contribution in [3.63, 3.8) is 0 Å². The number of carbonyl (C=O) groups is 1. The van der Waals surface area contributed by atoms with Crippen LogP contribution in [0.1, 0.15) is 15.3 Å². The molecule has 68 valence electrons. The Bertz CT molecular complexity index is 213. The summed E-state index contributed by atoms with van der Waals surface area (Å²) in [6.07, 6.45) is 0. The van der Waals surface area contributed by atoms with Crippen molar-refractivity contribution in [3.8, 4) is 0 Å². The summed E-state index contributed by atoms with van der Waals surface area (Å²) in [5, 5.41) is -1.75. The topological polar surface area (TPSA) is 83.8 Å². The van der Waals surface area contributed by atoms with Crippen LogP contribution in [0.3, 0.4) is 0 Å². The summed E-state index contributed by atoms with van der Waals surface area (Å²) in [5.74, 6) is -0.911. The Labute approximate surface area is 94.4 Å². The van der Waals surface area contributed by atoms with Gasteiger partial charge >= 0.3 is 43.1 Å². The largest absolute Gasteiger partial charge is 1.00 e. The van der Waals surface area contributed by atoms with Crippen molar-refractivity contribution in [3.05, 3.63) is 0 Å². The summed E-state index contributed by atoms with van der Waals surface area (Å²) in [6, 6.07) is 0. The minimum absolute atomic E-state index is 0. The average molecular weight is 206 g/mol. The number of hydrogen-bond donors (Lipinski definition) is 2. The zero-order valence-electron chi connectivity index (χ0n) is 8.57. The van der Waals surface area contributed by atoms with Gasteiger partial charge in [-0.3, -0.25) is 9.36 Å². The van der Waals surface area contributed by atoms with E-state index in [0.717, 1.165) is 21.0 Å². The summed E-state index contributed by atoms with van der Waals surface area (Å²) in [5.41, 5.74) is 0. The first-order chi connectivity index (χ1) is 4.73. The number of rotatable bonds is 2. The Morgan fingerprint density at radius 1 is 1.50 bits per heavy atom. The second-order valence-electron chi connectivity index (χ2n) is 2.59. The van der Waals surface area contributed by atoms with Crippen LogP contribution in [-0.2, 0) is 14.1 Å². The van der Waals surface area contributed by atoms with Gasteiger partial charge in [-0.2, -0.15) is 0 Å². The van der Waals surface area contributed by atoms with E-state index in [1.54, 1.807) is 0 Å². The van der Waals surface area contributed by atoms with Crippen molar-refractivity contribution in [2.24, 2.45) is 0 Å². The fourth-order valence-corrected chi connectivity index (χ4v) is 0.698. The van der Waals surface area contributed by atoms with Crippen molar-refractivity contribution in [2.45, 2.75) is 19.0 Å². The van der Waals surface area contributed by atoms with Gasteiger partial charge in [0.05, 0.1) is 7.11 Å². The average Bonchev–Trinajstić information content (AvgIpc) is 1.83. The molecule has 0 aliphatic carbocycles. The molecule has 0 atom stereocenters. The number of methoxy groups -OCH3 is 1. The predicted molar refractivity (Wildman–Crippen MR) is 39.3 cm³/mol. The second-order valence-corrected chi connectivity index (χ2v) is 4.80. The monoisotopic (exact) mass is 206 g/mol. The molecular formula is C5H12NaO5P. The van der Waals surface area contributed by atoms with Crippen LogP contribution in [0.4, 0.5) is 0 Å². The van der Waals surface area contributed by atoms with Crippen molar-refractivity contribution >= 4 is 13.6 Å². The Hall–Kier alpha value is 0.620. The van der Waals surface area contributed by atoms with Crippen molar-refractivity contribution in [1.82, 2.24) is 0 Å². The Morgan fingerprint density at radius 2 is 1.83 bits per heavy atom. The molecule has 0 aromatic rings. The summed E-state index contributed by atoms with van der Waals surface area (Å²) < 4.78 is 14.9. The van der Waals surface area contributed by atoms with Gasteiger partial charge in [0.25, 0.3) is 0 Å². The fourth-order valence-electron chi connectivity index (χ4n) is 0.369. The van der Waals surface area contributed by atoms with Crippen LogP contribution in [0.5, 0.6) is 0 Å². The third kappa shape index (κ3) is 3.17. The van der Waals surface area contributed by atoms with Crippen LogP contribution in [0.2, 0.25) is 0 Å². The van der Waals surface area contributed by atoms with E-state index in [1.165, 1.54) is 0 Å². The molecular weight excluding hydrogens is 194 g/mol. The van der Waals surface area contributed by atoms with Crippen LogP contribution in [0.15, 0.2) is 0 Å². The van der Waals surface area contributed by atoms with Crippen molar-refractivity contribution in [2.75, 3.05) is 7.11 Å². The van der Waals surface area contributed by atoms with E-state index in [1.807, 2.05) is 0 Å². The molecule has 2 N–H and O–H groups in total. The first kappa shape index (κ1) is 15.1. The summed E-state index contributed by atoms with van der Waals surface area (Å²) in [7, 11) is -3.33. The van der Waals surface area contributed by atoms with E-state index in [-0.39, 0.29) is 31.0 Å². The van der Waals surface area contributed by atoms with E-state index >= 15 is 0 Å². The molecule has 0 saturated heterocycles. The standard InChI is InChI=1S/C5H11O5P.Na.H/c1-5(2,4(6)10-3)11(7,8)9;;/h1-3H3,(H2,7,8,9);;/q;+1;-1. The molecule has 0 rings (SSSR count). The third-order valence-corrected chi connectivity index (χ3v) is 3.05. The van der Waals surface area contributed by atoms with Crippen LogP contribution in [0, 0.1) is 0 Å². The quantitative estimate of drug-likeness (QED) is 0.290. The smallest absolute Gasteiger partial charge is 1.00 e. The van der Waals surface area contributed by atoms with Gasteiger partial charge in [0.1, 0.15) is 0 Å². The van der Waals surface area contributed by atoms with Crippen LogP contribution < -0.4 is 29.6 Å². The number of hydrogen-bond acceptors (Lipinski definition) is 3. The van der Waals surface area contributed by atoms with Gasteiger partial charge in [-0.1, -0.05) is 0 Å². The normalized spacial score (nSPS) is 11.8. The second kappa shape index (κ2) is 4.74. The van der Waals surface area contributed by atoms with Crippen LogP contribution in [-0.4, -0.2) is 28.0 Å². The van der Waals surface area contributed by atoms with Crippen molar-refractivity contribution in [1.29, 1.82) is 0 Å². The maximum absolute atomic E-state index is 10.8. The molecule has 0 heterocycles. The predicted octanol–water partition coefficient (Wildman–Crippen LogP) is -2.77. The van der Waals surface area contributed by atoms with Gasteiger partial charge in [-0.05, 0) is 13.8 Å². The maximum Gasteiger partial charge on any atom is 1.00 e. The molecule has 0 aromatic carbocycles. The number of esters is 1. The third-order valence-electron chi connectivity index (χ3n) is 1.41. The van der Waals surface area contributed by atoms with Gasteiger partial charge in [-0.15, -0.1) is 0 Å².